The second-order valence-corrected chi connectivity index (χ2v) is 5.25. The molecule has 2 heterocycles. The van der Waals surface area contributed by atoms with Gasteiger partial charge < -0.3 is 23.9 Å². The molecule has 0 saturated carbocycles. The second kappa shape index (κ2) is 8.88. The quantitative estimate of drug-likeness (QED) is 0.529. The van der Waals surface area contributed by atoms with Crippen LogP contribution in [0.5, 0.6) is 5.88 Å². The number of aromatic nitrogens is 1. The van der Waals surface area contributed by atoms with Gasteiger partial charge in [-0.05, 0) is 19.9 Å². The van der Waals surface area contributed by atoms with Crippen molar-refractivity contribution in [1.82, 2.24) is 10.4 Å². The highest BCUT2D eigenvalue weighted by atomic mass is 16.5. The van der Waals surface area contributed by atoms with E-state index in [1.807, 2.05) is 0 Å². The van der Waals surface area contributed by atoms with E-state index in [1.54, 1.807) is 13.8 Å². The summed E-state index contributed by atoms with van der Waals surface area (Å²) in [6, 6.07) is 0. The molecule has 0 radical (unpaired) electrons. The molecule has 146 valence electrons. The summed E-state index contributed by atoms with van der Waals surface area (Å²) in [6.07, 6.45) is 1.18. The number of hydrogen-bond acceptors (Lipinski definition) is 8. The molecule has 0 unspecified atom stereocenters. The highest BCUT2D eigenvalue weighted by Crippen LogP contribution is 2.29. The number of rotatable bonds is 7. The Morgan fingerprint density at radius 3 is 2.41 bits per heavy atom. The van der Waals surface area contributed by atoms with E-state index in [9.17, 15) is 14.4 Å². The van der Waals surface area contributed by atoms with Crippen molar-refractivity contribution < 1.29 is 33.3 Å². The van der Waals surface area contributed by atoms with Crippen molar-refractivity contribution in [2.75, 3.05) is 27.4 Å². The van der Waals surface area contributed by atoms with E-state index in [-0.39, 0.29) is 47.2 Å². The van der Waals surface area contributed by atoms with Gasteiger partial charge in [0.25, 0.3) is 5.91 Å². The molecule has 27 heavy (non-hydrogen) atoms. The van der Waals surface area contributed by atoms with E-state index in [0.717, 1.165) is 0 Å². The lowest BCUT2D eigenvalue weighted by Crippen LogP contribution is -2.15. The fraction of sp³-hybridized carbons (Fsp3) is 0.412. The molecule has 1 amide bonds. The molecule has 1 aliphatic rings. The van der Waals surface area contributed by atoms with Gasteiger partial charge in [-0.15, -0.1) is 5.10 Å². The maximum atomic E-state index is 12.4. The lowest BCUT2D eigenvalue weighted by atomic mass is 10.1. The van der Waals surface area contributed by atoms with Gasteiger partial charge in [0.05, 0.1) is 45.1 Å². The number of ether oxygens (including phenoxy) is 4. The number of esters is 2. The number of nitrogens with zero attached hydrogens (tertiary/aromatic N) is 1. The third kappa shape index (κ3) is 4.27. The number of nitrogens with one attached hydrogen (secondary N) is 2. The van der Waals surface area contributed by atoms with Crippen LogP contribution in [0.25, 0.3) is 6.08 Å². The molecule has 1 aromatic rings. The predicted octanol–water partition coefficient (Wildman–Crippen LogP) is 0.779. The van der Waals surface area contributed by atoms with Crippen LogP contribution in [0, 0.1) is 0 Å². The molecular weight excluding hydrogens is 358 g/mol. The molecule has 0 aromatic carbocycles. The normalized spacial score (nSPS) is 14.6. The van der Waals surface area contributed by atoms with E-state index in [4.69, 9.17) is 14.2 Å². The number of carbonyl (C=O) groups excluding carboxylic acids is 3. The van der Waals surface area contributed by atoms with Crippen LogP contribution in [0.3, 0.4) is 0 Å². The van der Waals surface area contributed by atoms with E-state index >= 15 is 0 Å². The average Bonchev–Trinajstić information content (AvgIpc) is 3.17. The van der Waals surface area contributed by atoms with Crippen LogP contribution < -0.4 is 10.2 Å². The first-order valence-corrected chi connectivity index (χ1v) is 8.22. The van der Waals surface area contributed by atoms with Crippen LogP contribution in [0.4, 0.5) is 0 Å². The topological polar surface area (TPSA) is 128 Å². The van der Waals surface area contributed by atoms with E-state index in [2.05, 4.69) is 20.2 Å². The lowest BCUT2D eigenvalue weighted by molar-refractivity contribution is -0.139. The largest absolute Gasteiger partial charge is 0.479 e. The number of hydrazone groups is 1. The maximum absolute atomic E-state index is 12.4. The Balaban J connectivity index is 2.61. The van der Waals surface area contributed by atoms with Crippen LogP contribution in [-0.2, 0) is 30.2 Å². The zero-order valence-corrected chi connectivity index (χ0v) is 15.5. The van der Waals surface area contributed by atoms with Crippen molar-refractivity contribution in [3.8, 4) is 5.88 Å². The lowest BCUT2D eigenvalue weighted by Gasteiger charge is -2.06. The van der Waals surface area contributed by atoms with Gasteiger partial charge in [-0.3, -0.25) is 9.59 Å². The molecular formula is C17H21N3O7. The summed E-state index contributed by atoms with van der Waals surface area (Å²) in [4.78, 5) is 39.1. The SMILES string of the molecule is CCOC1=NNC(=O)C1=Cc1[nH]c(OCC)c(CC(=O)OC)c1C(=O)OC. The molecule has 0 fully saturated rings. The van der Waals surface area contributed by atoms with Gasteiger partial charge in [0, 0.05) is 5.56 Å². The standard InChI is InChI=1S/C17H21N3O7/c1-5-26-15-9(8-12(21)24-3)13(17(23)25-4)11(18-15)7-10-14(22)19-20-16(10)27-6-2/h7,18H,5-6,8H2,1-4H3,(H,19,22). The molecule has 10 nitrogen and oxygen atoms in total. The Kier molecular flexibility index (Phi) is 6.58. The summed E-state index contributed by atoms with van der Waals surface area (Å²) in [7, 11) is 2.45. The Morgan fingerprint density at radius 1 is 1.11 bits per heavy atom. The van der Waals surface area contributed by atoms with Crippen molar-refractivity contribution in [1.29, 1.82) is 0 Å². The second-order valence-electron chi connectivity index (χ2n) is 5.25. The average molecular weight is 379 g/mol. The fourth-order valence-electron chi connectivity index (χ4n) is 2.47. The molecule has 1 aliphatic heterocycles. The van der Waals surface area contributed by atoms with Gasteiger partial charge in [0.1, 0.15) is 5.57 Å². The van der Waals surface area contributed by atoms with E-state index < -0.39 is 17.8 Å². The van der Waals surface area contributed by atoms with Crippen LogP contribution in [0.1, 0.15) is 35.5 Å². The van der Waals surface area contributed by atoms with Crippen LogP contribution in [-0.4, -0.2) is 56.2 Å². The monoisotopic (exact) mass is 379 g/mol. The molecule has 10 heteroatoms. The third-order valence-electron chi connectivity index (χ3n) is 3.62. The number of aromatic amines is 1. The first-order chi connectivity index (χ1) is 13.0. The molecule has 0 atom stereocenters. The number of methoxy groups -OCH3 is 2. The first kappa shape index (κ1) is 20.0. The molecule has 0 bridgehead atoms. The molecule has 1 aromatic heterocycles. The number of hydrogen-bond donors (Lipinski definition) is 2. The molecule has 0 spiro atoms. The van der Waals surface area contributed by atoms with Crippen LogP contribution in [0.2, 0.25) is 0 Å². The third-order valence-corrected chi connectivity index (χ3v) is 3.62. The summed E-state index contributed by atoms with van der Waals surface area (Å²) < 4.78 is 20.3. The molecule has 0 saturated heterocycles. The predicted molar refractivity (Wildman–Crippen MR) is 94.2 cm³/mol. The van der Waals surface area contributed by atoms with Crippen molar-refractivity contribution in [2.24, 2.45) is 5.10 Å². The summed E-state index contributed by atoms with van der Waals surface area (Å²) >= 11 is 0. The highest BCUT2D eigenvalue weighted by Gasteiger charge is 2.29. The van der Waals surface area contributed by atoms with Crippen molar-refractivity contribution in [2.45, 2.75) is 20.3 Å². The van der Waals surface area contributed by atoms with Crippen molar-refractivity contribution >= 4 is 29.8 Å². The van der Waals surface area contributed by atoms with Gasteiger partial charge in [-0.2, -0.15) is 0 Å². The summed E-state index contributed by atoms with van der Waals surface area (Å²) in [6.45, 7) is 4.09. The summed E-state index contributed by atoms with van der Waals surface area (Å²) in [5.41, 5.74) is 2.98. The van der Waals surface area contributed by atoms with E-state index in [0.29, 0.717) is 6.61 Å². The van der Waals surface area contributed by atoms with Crippen LogP contribution in [0.15, 0.2) is 10.7 Å². The molecule has 2 N–H and O–H groups in total. The van der Waals surface area contributed by atoms with E-state index in [1.165, 1.54) is 20.3 Å². The minimum atomic E-state index is -0.698. The minimum Gasteiger partial charge on any atom is -0.479 e. The van der Waals surface area contributed by atoms with Crippen molar-refractivity contribution in [3.63, 3.8) is 0 Å². The zero-order valence-electron chi connectivity index (χ0n) is 15.5. The van der Waals surface area contributed by atoms with Crippen molar-refractivity contribution in [3.05, 3.63) is 22.4 Å². The van der Waals surface area contributed by atoms with Gasteiger partial charge in [-0.25, -0.2) is 10.2 Å². The number of carbonyl (C=O) groups is 3. The maximum Gasteiger partial charge on any atom is 0.340 e. The smallest absolute Gasteiger partial charge is 0.340 e. The Labute approximate surface area is 155 Å². The first-order valence-electron chi connectivity index (χ1n) is 8.22. The molecule has 2 rings (SSSR count). The van der Waals surface area contributed by atoms with Gasteiger partial charge in [0.15, 0.2) is 5.88 Å². The zero-order chi connectivity index (χ0) is 20.0. The molecule has 0 aliphatic carbocycles. The fourth-order valence-corrected chi connectivity index (χ4v) is 2.47. The van der Waals surface area contributed by atoms with Gasteiger partial charge >= 0.3 is 11.9 Å². The number of amides is 1. The minimum absolute atomic E-state index is 0.0643. The summed E-state index contributed by atoms with van der Waals surface area (Å²) in [5, 5.41) is 3.80. The van der Waals surface area contributed by atoms with Crippen LogP contribution >= 0.6 is 0 Å². The Morgan fingerprint density at radius 2 is 1.81 bits per heavy atom. The van der Waals surface area contributed by atoms with Gasteiger partial charge in [0.2, 0.25) is 5.90 Å². The number of H-pyrrole nitrogens is 1. The van der Waals surface area contributed by atoms with Gasteiger partial charge in [-0.1, -0.05) is 0 Å². The Hall–Kier alpha value is -3.30. The Bertz CT molecular complexity index is 808. The highest BCUT2D eigenvalue weighted by molar-refractivity contribution is 6.25. The summed E-state index contributed by atoms with van der Waals surface area (Å²) in [5.74, 6) is -1.44.